The lowest BCUT2D eigenvalue weighted by molar-refractivity contribution is -0.861. The molecule has 1 aromatic carbocycles. The lowest BCUT2D eigenvalue weighted by Gasteiger charge is -2.55. The fraction of sp³-hybridized carbons (Fsp3) is 0.824. The van der Waals surface area contributed by atoms with E-state index in [-0.39, 0.29) is 60.0 Å². The molecule has 264 valence electrons. The van der Waals surface area contributed by atoms with Crippen molar-refractivity contribution in [1.82, 2.24) is 0 Å². The van der Waals surface area contributed by atoms with Gasteiger partial charge in [-0.05, 0) is 124 Å². The summed E-state index contributed by atoms with van der Waals surface area (Å²) >= 11 is 0. The number of benzene rings is 1. The number of hydrogen-bond donors (Lipinski definition) is 2. The number of quaternary nitrogens is 1. The van der Waals surface area contributed by atoms with Gasteiger partial charge in [0.2, 0.25) is 0 Å². The Labute approximate surface area is 266 Å². The maximum Gasteiger partial charge on any atom is 0.459 e. The van der Waals surface area contributed by atoms with Crippen LogP contribution in [0.5, 0.6) is 5.75 Å². The summed E-state index contributed by atoms with van der Waals surface area (Å²) in [6, 6.07) is 2.88. The molecule has 0 aliphatic heterocycles. The highest BCUT2D eigenvalue weighted by Crippen LogP contribution is 2.66. The minimum atomic E-state index is -6.32. The van der Waals surface area contributed by atoms with Gasteiger partial charge in [0, 0.05) is 12.5 Å². The molecule has 3 aliphatic rings. The van der Waals surface area contributed by atoms with Crippen molar-refractivity contribution in [3.63, 3.8) is 0 Å². The molecule has 1 unspecified atom stereocenters. The van der Waals surface area contributed by atoms with Crippen LogP contribution in [0.15, 0.2) is 12.1 Å². The molecular formula is C34H49F8NO3. The smallest absolute Gasteiger partial charge is 0.459 e. The molecule has 0 bridgehead atoms. The highest BCUT2D eigenvalue weighted by molar-refractivity contribution is 5.42. The van der Waals surface area contributed by atoms with Crippen LogP contribution in [0, 0.1) is 34.2 Å². The zero-order chi connectivity index (χ0) is 34.3. The van der Waals surface area contributed by atoms with Crippen LogP contribution in [0.25, 0.3) is 0 Å². The Hall–Kier alpha value is -1.66. The summed E-state index contributed by atoms with van der Waals surface area (Å²) in [7, 11) is 1.51. The summed E-state index contributed by atoms with van der Waals surface area (Å²) < 4.78 is 104. The average Bonchev–Trinajstić information content (AvgIpc) is 3.17. The molecule has 2 fully saturated rings. The van der Waals surface area contributed by atoms with Crippen molar-refractivity contribution < 1.29 is 50.0 Å². The summed E-state index contributed by atoms with van der Waals surface area (Å²) in [6.45, 7) is 4.62. The van der Waals surface area contributed by atoms with E-state index in [1.165, 1.54) is 13.1 Å². The molecule has 0 saturated heterocycles. The van der Waals surface area contributed by atoms with Crippen molar-refractivity contribution >= 4 is 0 Å². The number of phenolic OH excluding ortho intramolecular Hbond substituents is 1. The van der Waals surface area contributed by atoms with E-state index in [2.05, 4.69) is 6.92 Å². The van der Waals surface area contributed by atoms with Gasteiger partial charge in [-0.15, -0.1) is 0 Å². The van der Waals surface area contributed by atoms with Crippen LogP contribution in [0.3, 0.4) is 0 Å². The van der Waals surface area contributed by atoms with Crippen LogP contribution < -0.4 is 0 Å². The minimum absolute atomic E-state index is 0.0212. The van der Waals surface area contributed by atoms with E-state index in [9.17, 15) is 46.2 Å². The van der Waals surface area contributed by atoms with E-state index in [1.807, 2.05) is 6.92 Å². The molecule has 0 radical (unpaired) electrons. The van der Waals surface area contributed by atoms with Gasteiger partial charge in [0.05, 0.1) is 25.7 Å². The molecule has 0 aromatic heterocycles. The highest BCUT2D eigenvalue weighted by atomic mass is 19.4. The predicted molar refractivity (Wildman–Crippen MR) is 159 cm³/mol. The van der Waals surface area contributed by atoms with Crippen molar-refractivity contribution in [2.24, 2.45) is 23.2 Å². The van der Waals surface area contributed by atoms with Gasteiger partial charge in [-0.3, -0.25) is 0 Å². The van der Waals surface area contributed by atoms with Crippen LogP contribution in [0.2, 0.25) is 0 Å². The molecule has 7 atom stereocenters. The van der Waals surface area contributed by atoms with Gasteiger partial charge < -0.3 is 20.1 Å². The van der Waals surface area contributed by atoms with Gasteiger partial charge in [0.25, 0.3) is 0 Å². The molecule has 2 N–H and O–H groups in total. The molecule has 0 spiro atoms. The molecule has 2 saturated carbocycles. The number of rotatable bonds is 14. The van der Waals surface area contributed by atoms with E-state index < -0.39 is 41.1 Å². The predicted octanol–water partition coefficient (Wildman–Crippen LogP) is 9.65. The summed E-state index contributed by atoms with van der Waals surface area (Å²) in [5.41, 5.74) is 0.567. The number of phenols is 1. The van der Waals surface area contributed by atoms with Crippen LogP contribution >= 0.6 is 0 Å². The standard InChI is InChI=1S/C34H49F8NO3/c1-30-15-12-25-28(26(30)13-16-31(30,2)45)22(19-23-20-24(44)21-27(35)29(23)25)11-7-6-10-18-43(3,46)17-9-5-4-8-14-32(36,37)33(38,39)34(40,41)42/h20-22,25-26,28,44-45H,4-19H2,1-3H3/t22-,25+,26+,28-,30+,31+,43?/m1/s1. The number of halogens is 8. The monoisotopic (exact) mass is 671 g/mol. The number of aliphatic hydroxyl groups is 1. The molecule has 3 aliphatic carbocycles. The number of alkyl halides is 7. The number of fused-ring (bicyclic) bond motifs is 5. The normalized spacial score (nSPS) is 31.2. The zero-order valence-corrected chi connectivity index (χ0v) is 27.1. The minimum Gasteiger partial charge on any atom is -0.633 e. The fourth-order valence-electron chi connectivity index (χ4n) is 9.04. The Balaban J connectivity index is 1.24. The lowest BCUT2D eigenvalue weighted by Crippen LogP contribution is -2.51. The largest absolute Gasteiger partial charge is 0.633 e. The second-order valence-corrected chi connectivity index (χ2v) is 15.1. The van der Waals surface area contributed by atoms with Crippen molar-refractivity contribution in [1.29, 1.82) is 0 Å². The van der Waals surface area contributed by atoms with Gasteiger partial charge in [-0.1, -0.05) is 19.8 Å². The third-order valence-electron chi connectivity index (χ3n) is 11.9. The Bertz CT molecular complexity index is 1200. The summed E-state index contributed by atoms with van der Waals surface area (Å²) in [5.74, 6) is -10.9. The van der Waals surface area contributed by atoms with Gasteiger partial charge in [-0.2, -0.15) is 30.7 Å². The highest BCUT2D eigenvalue weighted by Gasteiger charge is 2.72. The second-order valence-electron chi connectivity index (χ2n) is 15.1. The molecule has 46 heavy (non-hydrogen) atoms. The number of unbranched alkanes of at least 4 members (excludes halogenated alkanes) is 5. The molecule has 0 heterocycles. The first-order valence-electron chi connectivity index (χ1n) is 16.8. The number of aromatic hydroxyl groups is 1. The lowest BCUT2D eigenvalue weighted by atomic mass is 9.50. The Morgan fingerprint density at radius 1 is 0.891 bits per heavy atom. The van der Waals surface area contributed by atoms with Crippen LogP contribution in [-0.2, 0) is 6.42 Å². The van der Waals surface area contributed by atoms with E-state index in [1.54, 1.807) is 6.07 Å². The fourth-order valence-corrected chi connectivity index (χ4v) is 9.04. The Morgan fingerprint density at radius 3 is 2.13 bits per heavy atom. The number of hydroxylamine groups is 3. The third kappa shape index (κ3) is 7.33. The Morgan fingerprint density at radius 2 is 1.50 bits per heavy atom. The molecule has 0 amide bonds. The molecule has 1 aromatic rings. The number of nitrogens with zero attached hydrogens (tertiary/aromatic N) is 1. The van der Waals surface area contributed by atoms with Crippen molar-refractivity contribution in [2.45, 2.75) is 133 Å². The molecule has 12 heteroatoms. The third-order valence-corrected chi connectivity index (χ3v) is 11.9. The van der Waals surface area contributed by atoms with Crippen LogP contribution in [0.4, 0.5) is 35.1 Å². The van der Waals surface area contributed by atoms with E-state index in [0.29, 0.717) is 25.8 Å². The summed E-state index contributed by atoms with van der Waals surface area (Å²) in [4.78, 5) is 0. The topological polar surface area (TPSA) is 63.5 Å². The van der Waals surface area contributed by atoms with Gasteiger partial charge >= 0.3 is 18.0 Å². The van der Waals surface area contributed by atoms with Gasteiger partial charge in [-0.25, -0.2) is 4.39 Å². The zero-order valence-electron chi connectivity index (χ0n) is 27.1. The van der Waals surface area contributed by atoms with E-state index in [4.69, 9.17) is 0 Å². The van der Waals surface area contributed by atoms with Crippen molar-refractivity contribution in [3.05, 3.63) is 34.3 Å². The second kappa shape index (κ2) is 13.3. The summed E-state index contributed by atoms with van der Waals surface area (Å²) in [6.07, 6.45) is -0.682. The molecular weight excluding hydrogens is 622 g/mol. The van der Waals surface area contributed by atoms with E-state index in [0.717, 1.165) is 56.1 Å². The van der Waals surface area contributed by atoms with E-state index >= 15 is 4.39 Å². The first-order chi connectivity index (χ1) is 21.1. The molecule has 4 nitrogen and oxygen atoms in total. The first-order valence-corrected chi connectivity index (χ1v) is 16.8. The van der Waals surface area contributed by atoms with Crippen molar-refractivity contribution in [2.75, 3.05) is 20.1 Å². The Kier molecular flexibility index (Phi) is 10.8. The van der Waals surface area contributed by atoms with Crippen molar-refractivity contribution in [3.8, 4) is 5.75 Å². The maximum absolute atomic E-state index is 15.2. The van der Waals surface area contributed by atoms with Crippen LogP contribution in [0.1, 0.15) is 114 Å². The maximum atomic E-state index is 15.2. The van der Waals surface area contributed by atoms with Gasteiger partial charge in [0.15, 0.2) is 0 Å². The first kappa shape index (κ1) is 37.2. The quantitative estimate of drug-likeness (QED) is 0.0896. The van der Waals surface area contributed by atoms with Crippen LogP contribution in [-0.4, -0.2) is 58.6 Å². The SMILES string of the molecule is C[C@]1(O)CC[C@H]2[C@@H]3[C@H](CCCCC[N+](C)([O-])CCCCCCC(F)(F)C(F)(F)C(F)(F)F)Cc4cc(O)cc(F)c4[C@H]3CC[C@@]21C. The van der Waals surface area contributed by atoms with Gasteiger partial charge in [0.1, 0.15) is 11.6 Å². The summed E-state index contributed by atoms with van der Waals surface area (Å²) in [5, 5.41) is 34.3. The number of hydrogen-bond acceptors (Lipinski definition) is 3. The average molecular weight is 672 g/mol. The molecule has 4 rings (SSSR count).